The maximum Gasteiger partial charge on any atom is 0.265 e. The van der Waals surface area contributed by atoms with Crippen molar-refractivity contribution in [3.63, 3.8) is 0 Å². The van der Waals surface area contributed by atoms with Crippen molar-refractivity contribution >= 4 is 10.9 Å². The van der Waals surface area contributed by atoms with E-state index in [1.807, 2.05) is 49.4 Å². The maximum absolute atomic E-state index is 12.4. The number of aromatic nitrogens is 2. The van der Waals surface area contributed by atoms with Crippen LogP contribution in [0, 0.1) is 0 Å². The molecule has 3 aromatic rings. The van der Waals surface area contributed by atoms with Crippen molar-refractivity contribution in [2.24, 2.45) is 0 Å². The van der Waals surface area contributed by atoms with Gasteiger partial charge in [0.15, 0.2) is 0 Å². The quantitative estimate of drug-likeness (QED) is 0.732. The van der Waals surface area contributed by atoms with Gasteiger partial charge >= 0.3 is 0 Å². The number of nitrogens with zero attached hydrogens (tertiary/aromatic N) is 2. The van der Waals surface area contributed by atoms with Crippen LogP contribution in [0.3, 0.4) is 0 Å². The van der Waals surface area contributed by atoms with Crippen molar-refractivity contribution in [1.29, 1.82) is 0 Å². The van der Waals surface area contributed by atoms with E-state index in [2.05, 4.69) is 4.98 Å². The van der Waals surface area contributed by atoms with Crippen molar-refractivity contribution in [3.8, 4) is 11.4 Å². The monoisotopic (exact) mass is 266 g/mol. The third-order valence-electron chi connectivity index (χ3n) is 3.09. The van der Waals surface area contributed by atoms with E-state index in [1.54, 1.807) is 12.4 Å². The molecule has 0 atom stereocenters. The molecule has 0 radical (unpaired) electrons. The lowest BCUT2D eigenvalue weighted by Crippen LogP contribution is -2.18. The van der Waals surface area contributed by atoms with E-state index in [9.17, 15) is 4.79 Å². The lowest BCUT2D eigenvalue weighted by Gasteiger charge is -2.08. The van der Waals surface area contributed by atoms with Crippen LogP contribution in [0.25, 0.3) is 16.6 Å². The molecule has 100 valence electrons. The Kier molecular flexibility index (Phi) is 3.21. The Morgan fingerprint density at radius 1 is 1.10 bits per heavy atom. The molecule has 0 unspecified atom stereocenters. The van der Waals surface area contributed by atoms with Crippen molar-refractivity contribution in [2.45, 2.75) is 6.92 Å². The first-order valence-corrected chi connectivity index (χ1v) is 6.49. The van der Waals surface area contributed by atoms with E-state index in [4.69, 9.17) is 4.74 Å². The van der Waals surface area contributed by atoms with Crippen LogP contribution in [0.15, 0.2) is 59.7 Å². The summed E-state index contributed by atoms with van der Waals surface area (Å²) in [6.07, 6.45) is 1.56. The molecule has 0 aliphatic carbocycles. The summed E-state index contributed by atoms with van der Waals surface area (Å²) in [5.74, 6) is 0.790. The molecule has 3 rings (SSSR count). The molecule has 0 N–H and O–H groups in total. The Labute approximate surface area is 116 Å². The Morgan fingerprint density at radius 2 is 1.85 bits per heavy atom. The number of para-hydroxylation sites is 1. The zero-order valence-corrected chi connectivity index (χ0v) is 11.1. The van der Waals surface area contributed by atoms with E-state index >= 15 is 0 Å². The Hall–Kier alpha value is -2.62. The molecule has 0 saturated heterocycles. The summed E-state index contributed by atoms with van der Waals surface area (Å²) in [7, 11) is 0. The standard InChI is InChI=1S/C16H14N2O2/c1-2-20-13-9-7-12(8-10-13)18-11-17-15-6-4-3-5-14(15)16(18)19/h3-11H,2H2,1H3. The van der Waals surface area contributed by atoms with Gasteiger partial charge in [-0.2, -0.15) is 0 Å². The first-order chi connectivity index (χ1) is 9.79. The minimum absolute atomic E-state index is 0.0697. The van der Waals surface area contributed by atoms with Crippen molar-refractivity contribution in [1.82, 2.24) is 9.55 Å². The van der Waals surface area contributed by atoms with Gasteiger partial charge in [0.1, 0.15) is 12.1 Å². The second-order valence-corrected chi connectivity index (χ2v) is 4.36. The van der Waals surface area contributed by atoms with Gasteiger partial charge in [0.25, 0.3) is 5.56 Å². The molecule has 4 heteroatoms. The van der Waals surface area contributed by atoms with Crippen molar-refractivity contribution < 1.29 is 4.74 Å². The highest BCUT2D eigenvalue weighted by molar-refractivity contribution is 5.77. The summed E-state index contributed by atoms with van der Waals surface area (Å²) in [6, 6.07) is 14.7. The predicted molar refractivity (Wildman–Crippen MR) is 78.5 cm³/mol. The number of rotatable bonds is 3. The van der Waals surface area contributed by atoms with Crippen LogP contribution < -0.4 is 10.3 Å². The molecule has 2 aromatic carbocycles. The molecule has 0 amide bonds. The van der Waals surface area contributed by atoms with Crippen molar-refractivity contribution in [2.75, 3.05) is 6.61 Å². The first kappa shape index (κ1) is 12.4. The average molecular weight is 266 g/mol. The highest BCUT2D eigenvalue weighted by atomic mass is 16.5. The molecular formula is C16H14N2O2. The lowest BCUT2D eigenvalue weighted by atomic mass is 10.2. The molecule has 0 aliphatic rings. The molecule has 0 fully saturated rings. The predicted octanol–water partition coefficient (Wildman–Crippen LogP) is 2.78. The van der Waals surface area contributed by atoms with Crippen LogP contribution in [-0.2, 0) is 0 Å². The summed E-state index contributed by atoms with van der Waals surface area (Å²) in [5, 5.41) is 0.615. The van der Waals surface area contributed by atoms with E-state index in [1.165, 1.54) is 4.57 Å². The van der Waals surface area contributed by atoms with Crippen LogP contribution in [0.1, 0.15) is 6.92 Å². The minimum atomic E-state index is -0.0697. The van der Waals surface area contributed by atoms with Crippen LogP contribution in [0.2, 0.25) is 0 Å². The highest BCUT2D eigenvalue weighted by Gasteiger charge is 2.05. The van der Waals surface area contributed by atoms with Crippen molar-refractivity contribution in [3.05, 3.63) is 65.2 Å². The molecular weight excluding hydrogens is 252 g/mol. The SMILES string of the molecule is CCOc1ccc(-n2cnc3ccccc3c2=O)cc1. The largest absolute Gasteiger partial charge is 0.494 e. The first-order valence-electron chi connectivity index (χ1n) is 6.49. The number of hydrogen-bond donors (Lipinski definition) is 0. The van der Waals surface area contributed by atoms with Gasteiger partial charge in [-0.1, -0.05) is 12.1 Å². The third-order valence-corrected chi connectivity index (χ3v) is 3.09. The lowest BCUT2D eigenvalue weighted by molar-refractivity contribution is 0.340. The Balaban J connectivity index is 2.10. The smallest absolute Gasteiger partial charge is 0.265 e. The number of hydrogen-bond acceptors (Lipinski definition) is 3. The summed E-state index contributed by atoms with van der Waals surface area (Å²) in [5.41, 5.74) is 1.41. The zero-order valence-electron chi connectivity index (χ0n) is 11.1. The molecule has 0 bridgehead atoms. The van der Waals surface area contributed by atoms with Gasteiger partial charge in [0, 0.05) is 0 Å². The van der Waals surface area contributed by atoms with E-state index < -0.39 is 0 Å². The normalized spacial score (nSPS) is 10.7. The van der Waals surface area contributed by atoms with Gasteiger partial charge in [-0.15, -0.1) is 0 Å². The topological polar surface area (TPSA) is 44.1 Å². The number of fused-ring (bicyclic) bond motifs is 1. The van der Waals surface area contributed by atoms with Gasteiger partial charge in [-0.05, 0) is 43.3 Å². The van der Waals surface area contributed by atoms with E-state index in [0.717, 1.165) is 11.4 Å². The second kappa shape index (κ2) is 5.17. The van der Waals surface area contributed by atoms with Crippen LogP contribution >= 0.6 is 0 Å². The fourth-order valence-electron chi connectivity index (χ4n) is 2.12. The molecule has 20 heavy (non-hydrogen) atoms. The Morgan fingerprint density at radius 3 is 2.60 bits per heavy atom. The summed E-state index contributed by atoms with van der Waals surface area (Å²) in [4.78, 5) is 16.7. The van der Waals surface area contributed by atoms with Gasteiger partial charge < -0.3 is 4.74 Å². The molecule has 1 heterocycles. The fraction of sp³-hybridized carbons (Fsp3) is 0.125. The van der Waals surface area contributed by atoms with Crippen LogP contribution in [0.4, 0.5) is 0 Å². The molecule has 4 nitrogen and oxygen atoms in total. The zero-order chi connectivity index (χ0) is 13.9. The molecule has 0 saturated carbocycles. The third kappa shape index (κ3) is 2.16. The van der Waals surface area contributed by atoms with Gasteiger partial charge in [-0.25, -0.2) is 4.98 Å². The second-order valence-electron chi connectivity index (χ2n) is 4.36. The minimum Gasteiger partial charge on any atom is -0.494 e. The molecule has 0 spiro atoms. The molecule has 1 aromatic heterocycles. The highest BCUT2D eigenvalue weighted by Crippen LogP contribution is 2.15. The summed E-state index contributed by atoms with van der Waals surface area (Å²) < 4.78 is 6.93. The van der Waals surface area contributed by atoms with E-state index in [0.29, 0.717) is 17.5 Å². The summed E-state index contributed by atoms with van der Waals surface area (Å²) in [6.45, 7) is 2.56. The molecule has 0 aliphatic heterocycles. The number of benzene rings is 2. The van der Waals surface area contributed by atoms with Crippen LogP contribution in [-0.4, -0.2) is 16.2 Å². The van der Waals surface area contributed by atoms with Gasteiger partial charge in [0.2, 0.25) is 0 Å². The van der Waals surface area contributed by atoms with Gasteiger partial charge in [-0.3, -0.25) is 9.36 Å². The van der Waals surface area contributed by atoms with Gasteiger partial charge in [0.05, 0.1) is 23.2 Å². The fourth-order valence-corrected chi connectivity index (χ4v) is 2.12. The van der Waals surface area contributed by atoms with E-state index in [-0.39, 0.29) is 5.56 Å². The average Bonchev–Trinajstić information content (AvgIpc) is 2.49. The van der Waals surface area contributed by atoms with Crippen LogP contribution in [0.5, 0.6) is 5.75 Å². The summed E-state index contributed by atoms with van der Waals surface area (Å²) >= 11 is 0. The Bertz CT molecular complexity index is 791. The number of ether oxygens (including phenoxy) is 1. The maximum atomic E-state index is 12.4.